The van der Waals surface area contributed by atoms with E-state index in [4.69, 9.17) is 9.47 Å². The van der Waals surface area contributed by atoms with E-state index in [0.29, 0.717) is 32.9 Å². The molecule has 7 nitrogen and oxygen atoms in total. The second kappa shape index (κ2) is 8.81. The number of halogens is 1. The van der Waals surface area contributed by atoms with Crippen LogP contribution in [-0.4, -0.2) is 35.4 Å². The van der Waals surface area contributed by atoms with E-state index in [9.17, 15) is 18.8 Å². The average molecular weight is 507 g/mol. The summed E-state index contributed by atoms with van der Waals surface area (Å²) in [6.45, 7) is 2.00. The van der Waals surface area contributed by atoms with Crippen molar-refractivity contribution >= 4 is 44.3 Å². The molecule has 3 atom stereocenters. The minimum atomic E-state index is -0.844. The fourth-order valence-electron chi connectivity index (χ4n) is 5.39. The maximum absolute atomic E-state index is 14.3. The molecule has 9 heteroatoms. The number of hydrogen-bond donors (Lipinski definition) is 0. The quantitative estimate of drug-likeness (QED) is 0.457. The van der Waals surface area contributed by atoms with Crippen molar-refractivity contribution in [2.24, 2.45) is 5.92 Å². The zero-order chi connectivity index (χ0) is 25.0. The molecule has 3 unspecified atom stereocenters. The molecule has 3 aromatic rings. The highest BCUT2D eigenvalue weighted by Gasteiger charge is 2.53. The number of amides is 1. The van der Waals surface area contributed by atoms with Gasteiger partial charge in [0.05, 0.1) is 39.9 Å². The van der Waals surface area contributed by atoms with Gasteiger partial charge < -0.3 is 9.47 Å². The number of benzene rings is 2. The van der Waals surface area contributed by atoms with E-state index < -0.39 is 23.7 Å². The van der Waals surface area contributed by atoms with Gasteiger partial charge in [-0.05, 0) is 62.1 Å². The maximum atomic E-state index is 14.3. The molecular formula is C27H23FN2O5S. The summed E-state index contributed by atoms with van der Waals surface area (Å²) < 4.78 is 26.2. The number of anilines is 1. The fraction of sp³-hybridized carbons (Fsp3) is 0.333. The number of esters is 1. The summed E-state index contributed by atoms with van der Waals surface area (Å²) in [7, 11) is 0. The second-order valence-electron chi connectivity index (χ2n) is 9.19. The van der Waals surface area contributed by atoms with Gasteiger partial charge in [-0.3, -0.25) is 14.5 Å². The lowest BCUT2D eigenvalue weighted by molar-refractivity contribution is -0.131. The Kier molecular flexibility index (Phi) is 5.59. The Labute approximate surface area is 210 Å². The number of hydrogen-bond acceptors (Lipinski definition) is 7. The number of nitrogens with zero attached hydrogens (tertiary/aromatic N) is 2. The summed E-state index contributed by atoms with van der Waals surface area (Å²) in [6, 6.07) is 10.1. The normalized spacial score (nSPS) is 23.5. The molecule has 0 bridgehead atoms. The summed E-state index contributed by atoms with van der Waals surface area (Å²) in [4.78, 5) is 45.7. The van der Waals surface area contributed by atoms with Crippen molar-refractivity contribution < 1.29 is 28.2 Å². The van der Waals surface area contributed by atoms with Crippen LogP contribution < -0.4 is 4.90 Å². The molecule has 2 aliphatic heterocycles. The Morgan fingerprint density at radius 2 is 2.03 bits per heavy atom. The molecule has 6 rings (SSSR count). The number of ether oxygens (including phenoxy) is 2. The third-order valence-corrected chi connectivity index (χ3v) is 8.04. The summed E-state index contributed by atoms with van der Waals surface area (Å²) in [5, 5.41) is 0.346. The zero-order valence-electron chi connectivity index (χ0n) is 19.5. The van der Waals surface area contributed by atoms with Crippen LogP contribution in [-0.2, 0) is 19.1 Å². The smallest absolute Gasteiger partial charge is 0.338 e. The number of ketones is 1. The van der Waals surface area contributed by atoms with E-state index in [1.807, 2.05) is 0 Å². The van der Waals surface area contributed by atoms with Gasteiger partial charge in [0, 0.05) is 0 Å². The molecule has 36 heavy (non-hydrogen) atoms. The van der Waals surface area contributed by atoms with Crippen molar-refractivity contribution in [3.8, 4) is 0 Å². The number of aromatic nitrogens is 1. The van der Waals surface area contributed by atoms with Gasteiger partial charge in [-0.25, -0.2) is 14.2 Å². The predicted octanol–water partition coefficient (Wildman–Crippen LogP) is 5.11. The Hall–Kier alpha value is -3.59. The van der Waals surface area contributed by atoms with E-state index in [1.54, 1.807) is 37.3 Å². The Morgan fingerprint density at radius 3 is 2.83 bits per heavy atom. The molecule has 0 saturated heterocycles. The summed E-state index contributed by atoms with van der Waals surface area (Å²) in [6.07, 6.45) is 3.00. The van der Waals surface area contributed by atoms with Gasteiger partial charge in [-0.15, -0.1) is 0 Å². The van der Waals surface area contributed by atoms with Crippen molar-refractivity contribution in [1.29, 1.82) is 0 Å². The van der Waals surface area contributed by atoms with Crippen LogP contribution in [0.3, 0.4) is 0 Å². The van der Waals surface area contributed by atoms with Crippen molar-refractivity contribution in [2.45, 2.75) is 44.8 Å². The van der Waals surface area contributed by atoms with Gasteiger partial charge in [0.1, 0.15) is 11.9 Å². The fourth-order valence-corrected chi connectivity index (χ4v) is 6.42. The Morgan fingerprint density at radius 1 is 1.19 bits per heavy atom. The highest BCUT2D eigenvalue weighted by Crippen LogP contribution is 2.49. The van der Waals surface area contributed by atoms with Crippen LogP contribution >= 0.6 is 11.3 Å². The zero-order valence-corrected chi connectivity index (χ0v) is 20.3. The van der Waals surface area contributed by atoms with Gasteiger partial charge in [0.15, 0.2) is 16.7 Å². The molecule has 1 amide bonds. The van der Waals surface area contributed by atoms with Crippen molar-refractivity contribution in [2.75, 3.05) is 11.5 Å². The van der Waals surface area contributed by atoms with Gasteiger partial charge in [0.2, 0.25) is 0 Å². The van der Waals surface area contributed by atoms with Gasteiger partial charge in [-0.1, -0.05) is 29.9 Å². The molecule has 1 fully saturated rings. The van der Waals surface area contributed by atoms with Crippen LogP contribution in [0.25, 0.3) is 10.2 Å². The van der Waals surface area contributed by atoms with Crippen LogP contribution in [0, 0.1) is 11.7 Å². The first kappa shape index (κ1) is 22.8. The third-order valence-electron chi connectivity index (χ3n) is 7.02. The Balaban J connectivity index is 1.46. The largest absolute Gasteiger partial charge is 0.483 e. The minimum Gasteiger partial charge on any atom is -0.483 e. The lowest BCUT2D eigenvalue weighted by atomic mass is 9.77. The van der Waals surface area contributed by atoms with Crippen molar-refractivity contribution in [1.82, 2.24) is 4.98 Å². The van der Waals surface area contributed by atoms with Gasteiger partial charge in [0.25, 0.3) is 5.91 Å². The first-order valence-corrected chi connectivity index (χ1v) is 12.9. The van der Waals surface area contributed by atoms with Gasteiger partial charge >= 0.3 is 5.97 Å². The molecule has 1 saturated carbocycles. The van der Waals surface area contributed by atoms with Gasteiger partial charge in [-0.2, -0.15) is 0 Å². The van der Waals surface area contributed by atoms with E-state index in [0.717, 1.165) is 19.3 Å². The minimum absolute atomic E-state index is 0.0453. The van der Waals surface area contributed by atoms with Crippen LogP contribution in [0.4, 0.5) is 9.52 Å². The number of carbonyl (C=O) groups is 3. The number of carbonyl (C=O) groups excluding carboxylic acids is 3. The third kappa shape index (κ3) is 3.61. The number of thiazole rings is 1. The average Bonchev–Trinajstić information content (AvgIpc) is 3.42. The molecule has 184 valence electrons. The monoisotopic (exact) mass is 506 g/mol. The predicted molar refractivity (Wildman–Crippen MR) is 131 cm³/mol. The molecule has 1 aliphatic carbocycles. The van der Waals surface area contributed by atoms with Crippen molar-refractivity contribution in [3.05, 3.63) is 70.7 Å². The molecule has 0 N–H and O–H groups in total. The number of Topliss-reactive ketones (excluding diaryl/α,β-unsaturated/α-hetero) is 1. The Bertz CT molecular complexity index is 1450. The topological polar surface area (TPSA) is 85.8 Å². The molecule has 0 radical (unpaired) electrons. The number of rotatable bonds is 4. The SMILES string of the molecule is CCOC(=O)c1ccc2nc(N3C(=O)C4=C(C(=O)C5CCCCC5O4)C3c3cccc(F)c3)sc2c1. The molecule has 3 aliphatic rings. The van der Waals surface area contributed by atoms with E-state index in [2.05, 4.69) is 4.98 Å². The summed E-state index contributed by atoms with van der Waals surface area (Å²) >= 11 is 1.22. The maximum Gasteiger partial charge on any atom is 0.338 e. The standard InChI is InChI=1S/C27H23FN2O5S/c1-2-34-26(33)15-10-11-18-20(13-15)36-27(29-18)30-22(14-6-5-7-16(28)12-14)21-23(31)17-8-3-4-9-19(17)35-24(21)25(30)32/h5-7,10-13,17,19,22H,2-4,8-9H2,1H3. The first-order valence-electron chi connectivity index (χ1n) is 12.1. The van der Waals surface area contributed by atoms with E-state index >= 15 is 0 Å². The van der Waals surface area contributed by atoms with Crippen LogP contribution in [0.2, 0.25) is 0 Å². The molecule has 0 spiro atoms. The second-order valence-corrected chi connectivity index (χ2v) is 10.2. The lowest BCUT2D eigenvalue weighted by Gasteiger charge is -2.35. The number of fused-ring (bicyclic) bond motifs is 2. The summed E-state index contributed by atoms with van der Waals surface area (Å²) in [5.41, 5.74) is 1.74. The lowest BCUT2D eigenvalue weighted by Crippen LogP contribution is -2.39. The highest BCUT2D eigenvalue weighted by molar-refractivity contribution is 7.22. The van der Waals surface area contributed by atoms with Crippen LogP contribution in [0.1, 0.15) is 54.6 Å². The first-order chi connectivity index (χ1) is 17.5. The van der Waals surface area contributed by atoms with Crippen LogP contribution in [0.5, 0.6) is 0 Å². The molecule has 1 aromatic heterocycles. The highest BCUT2D eigenvalue weighted by atomic mass is 32.1. The molecule has 2 aromatic carbocycles. The molecular weight excluding hydrogens is 483 g/mol. The van der Waals surface area contributed by atoms with Crippen LogP contribution in [0.15, 0.2) is 53.8 Å². The summed E-state index contributed by atoms with van der Waals surface area (Å²) in [5.74, 6) is -1.72. The van der Waals surface area contributed by atoms with E-state index in [-0.39, 0.29) is 35.7 Å². The van der Waals surface area contributed by atoms with E-state index in [1.165, 1.54) is 28.4 Å². The molecule has 3 heterocycles. The van der Waals surface area contributed by atoms with Crippen molar-refractivity contribution in [3.63, 3.8) is 0 Å².